The van der Waals surface area contributed by atoms with Gasteiger partial charge in [0, 0.05) is 22.2 Å². The van der Waals surface area contributed by atoms with Crippen LogP contribution in [0.4, 0.5) is 0 Å². The van der Waals surface area contributed by atoms with Gasteiger partial charge in [-0.2, -0.15) is 8.42 Å². The summed E-state index contributed by atoms with van der Waals surface area (Å²) in [6, 6.07) is 10.6. The Bertz CT molecular complexity index is 1310. The molecule has 30 heavy (non-hydrogen) atoms. The fourth-order valence-electron chi connectivity index (χ4n) is 3.16. The molecular weight excluding hydrogens is 430 g/mol. The fraction of sp³-hybridized carbons (Fsp3) is 0.250. The number of rotatable bonds is 6. The molecule has 0 saturated heterocycles. The van der Waals surface area contributed by atoms with Crippen molar-refractivity contribution in [3.8, 4) is 17.1 Å². The molecule has 0 radical (unpaired) electrons. The van der Waals surface area contributed by atoms with Crippen molar-refractivity contribution in [1.29, 1.82) is 0 Å². The number of methoxy groups -OCH3 is 1. The lowest BCUT2D eigenvalue weighted by atomic mass is 10.1. The molecule has 0 aliphatic heterocycles. The van der Waals surface area contributed by atoms with Crippen LogP contribution in [0.3, 0.4) is 0 Å². The third-order valence-electron chi connectivity index (χ3n) is 4.87. The smallest absolute Gasteiger partial charge is 0.361 e. The molecule has 1 heterocycles. The molecule has 10 heteroatoms. The quantitative estimate of drug-likeness (QED) is 0.538. The van der Waals surface area contributed by atoms with Crippen LogP contribution in [-0.2, 0) is 10.0 Å². The predicted molar refractivity (Wildman–Crippen MR) is 111 cm³/mol. The first-order chi connectivity index (χ1) is 14.2. The molecule has 4 rings (SSSR count). The number of nitrogens with zero attached hydrogens (tertiary/aromatic N) is 3. The molecule has 0 amide bonds. The third kappa shape index (κ3) is 3.44. The van der Waals surface area contributed by atoms with Crippen LogP contribution in [0.1, 0.15) is 36.2 Å². The van der Waals surface area contributed by atoms with E-state index in [0.717, 1.165) is 12.8 Å². The number of hydrogen-bond donors (Lipinski definition) is 0. The number of carbonyl (C=O) groups is 1. The Kier molecular flexibility index (Phi) is 5.03. The Morgan fingerprint density at radius 3 is 2.40 bits per heavy atom. The van der Waals surface area contributed by atoms with E-state index in [9.17, 15) is 18.0 Å². The topological polar surface area (TPSA) is 100 Å². The molecule has 1 aliphatic rings. The number of benzene rings is 2. The van der Waals surface area contributed by atoms with Gasteiger partial charge < -0.3 is 4.74 Å². The molecule has 1 aliphatic carbocycles. The van der Waals surface area contributed by atoms with Crippen molar-refractivity contribution in [3.05, 3.63) is 63.5 Å². The molecular formula is C20H18ClN3O5S. The lowest BCUT2D eigenvalue weighted by molar-refractivity contribution is 0.101. The van der Waals surface area contributed by atoms with Crippen LogP contribution in [0.5, 0.6) is 5.75 Å². The molecule has 0 bridgehead atoms. The van der Waals surface area contributed by atoms with E-state index < -0.39 is 15.7 Å². The van der Waals surface area contributed by atoms with Gasteiger partial charge in [-0.3, -0.25) is 9.36 Å². The second-order valence-electron chi connectivity index (χ2n) is 6.98. The Balaban J connectivity index is 1.94. The zero-order valence-corrected chi connectivity index (χ0v) is 17.8. The monoisotopic (exact) mass is 447 g/mol. The molecule has 2 aromatic carbocycles. The first kappa shape index (κ1) is 20.4. The van der Waals surface area contributed by atoms with Crippen molar-refractivity contribution in [2.45, 2.75) is 30.7 Å². The zero-order valence-electron chi connectivity index (χ0n) is 16.2. The average Bonchev–Trinajstić information content (AvgIpc) is 3.50. The van der Waals surface area contributed by atoms with Gasteiger partial charge in [-0.15, -0.1) is 5.10 Å². The highest BCUT2D eigenvalue weighted by molar-refractivity contribution is 7.90. The molecule has 0 unspecified atom stereocenters. The first-order valence-electron chi connectivity index (χ1n) is 9.16. The van der Waals surface area contributed by atoms with Crippen molar-refractivity contribution in [2.75, 3.05) is 7.11 Å². The molecule has 0 atom stereocenters. The summed E-state index contributed by atoms with van der Waals surface area (Å²) in [5, 5.41) is 4.68. The Morgan fingerprint density at radius 1 is 1.17 bits per heavy atom. The largest absolute Gasteiger partial charge is 0.495 e. The highest BCUT2D eigenvalue weighted by Crippen LogP contribution is 2.37. The number of carbonyl (C=O) groups excluding carboxylic acids is 1. The van der Waals surface area contributed by atoms with Crippen LogP contribution in [0.15, 0.2) is 52.2 Å². The summed E-state index contributed by atoms with van der Waals surface area (Å²) in [6.45, 7) is 1.32. The minimum atomic E-state index is -4.42. The summed E-state index contributed by atoms with van der Waals surface area (Å²) >= 11 is 5.95. The van der Waals surface area contributed by atoms with Crippen LogP contribution in [0.2, 0.25) is 5.02 Å². The number of ketones is 1. The first-order valence-corrected chi connectivity index (χ1v) is 11.0. The van der Waals surface area contributed by atoms with Crippen LogP contribution >= 0.6 is 11.6 Å². The minimum Gasteiger partial charge on any atom is -0.495 e. The van der Waals surface area contributed by atoms with E-state index in [1.165, 1.54) is 36.8 Å². The summed E-state index contributed by atoms with van der Waals surface area (Å²) in [4.78, 5) is 24.6. The number of Topliss-reactive ketones (excluding diaryl/α,β-unsaturated/α-hetero) is 1. The van der Waals surface area contributed by atoms with Crippen LogP contribution in [0.25, 0.3) is 11.4 Å². The Morgan fingerprint density at radius 2 is 1.83 bits per heavy atom. The minimum absolute atomic E-state index is 0.0147. The lowest BCUT2D eigenvalue weighted by Crippen LogP contribution is -2.30. The molecule has 1 fully saturated rings. The standard InChI is InChI=1S/C20H18ClN3O5S/c1-12(25)14-5-10-17(29-2)18(11-14)30(27,28)24-20(26)23(16-8-9-16)19(22-24)13-3-6-15(21)7-4-13/h3-7,10-11,16H,8-9H2,1-2H3. The highest BCUT2D eigenvalue weighted by Gasteiger charge is 2.35. The van der Waals surface area contributed by atoms with Gasteiger partial charge in [0.05, 0.1) is 7.11 Å². The zero-order chi connectivity index (χ0) is 21.6. The van der Waals surface area contributed by atoms with E-state index in [4.69, 9.17) is 16.3 Å². The predicted octanol–water partition coefficient (Wildman–Crippen LogP) is 3.15. The van der Waals surface area contributed by atoms with E-state index in [-0.39, 0.29) is 33.9 Å². The number of hydrogen-bond acceptors (Lipinski definition) is 6. The van der Waals surface area contributed by atoms with E-state index in [1.807, 2.05) is 0 Å². The second-order valence-corrected chi connectivity index (χ2v) is 9.16. The molecule has 0 spiro atoms. The van der Waals surface area contributed by atoms with Gasteiger partial charge >= 0.3 is 5.69 Å². The van der Waals surface area contributed by atoms with Crippen LogP contribution in [0, 0.1) is 0 Å². The SMILES string of the molecule is COc1ccc(C(C)=O)cc1S(=O)(=O)n1nc(-c2ccc(Cl)cc2)n(C2CC2)c1=O. The summed E-state index contributed by atoms with van der Waals surface area (Å²) in [7, 11) is -3.11. The fourth-order valence-corrected chi connectivity index (χ4v) is 4.64. The van der Waals surface area contributed by atoms with E-state index >= 15 is 0 Å². The molecule has 1 aromatic heterocycles. The van der Waals surface area contributed by atoms with Gasteiger partial charge in [0.1, 0.15) is 10.6 Å². The van der Waals surface area contributed by atoms with Crippen molar-refractivity contribution >= 4 is 27.4 Å². The van der Waals surface area contributed by atoms with Gasteiger partial charge in [-0.05, 0) is 62.2 Å². The molecule has 156 valence electrons. The molecule has 3 aromatic rings. The molecule has 0 N–H and O–H groups in total. The Hall–Kier alpha value is -2.91. The number of ether oxygens (including phenoxy) is 1. The molecule has 8 nitrogen and oxygen atoms in total. The van der Waals surface area contributed by atoms with E-state index in [0.29, 0.717) is 14.7 Å². The maximum Gasteiger partial charge on any atom is 0.361 e. The van der Waals surface area contributed by atoms with Gasteiger partial charge in [-0.1, -0.05) is 15.7 Å². The normalized spacial score (nSPS) is 14.0. The summed E-state index contributed by atoms with van der Waals surface area (Å²) in [5.41, 5.74) is -0.0125. The highest BCUT2D eigenvalue weighted by atomic mass is 35.5. The van der Waals surface area contributed by atoms with Gasteiger partial charge in [0.25, 0.3) is 10.0 Å². The molecule has 1 saturated carbocycles. The summed E-state index contributed by atoms with van der Waals surface area (Å²) in [5.74, 6) is -0.0582. The van der Waals surface area contributed by atoms with Gasteiger partial charge in [-0.25, -0.2) is 4.79 Å². The third-order valence-corrected chi connectivity index (χ3v) is 6.69. The van der Waals surface area contributed by atoms with Gasteiger partial charge in [0.15, 0.2) is 11.6 Å². The van der Waals surface area contributed by atoms with Crippen LogP contribution in [-0.4, -0.2) is 35.1 Å². The lowest BCUT2D eigenvalue weighted by Gasteiger charge is -2.10. The van der Waals surface area contributed by atoms with Gasteiger partial charge in [0.2, 0.25) is 0 Å². The van der Waals surface area contributed by atoms with Crippen molar-refractivity contribution in [1.82, 2.24) is 13.8 Å². The van der Waals surface area contributed by atoms with Crippen LogP contribution < -0.4 is 10.4 Å². The maximum atomic E-state index is 13.4. The average molecular weight is 448 g/mol. The van der Waals surface area contributed by atoms with E-state index in [2.05, 4.69) is 5.10 Å². The maximum absolute atomic E-state index is 13.4. The van der Waals surface area contributed by atoms with Crippen molar-refractivity contribution in [2.24, 2.45) is 0 Å². The number of halogens is 1. The Labute approximate surface area is 177 Å². The summed E-state index contributed by atoms with van der Waals surface area (Å²) in [6.07, 6.45) is 1.52. The summed E-state index contributed by atoms with van der Waals surface area (Å²) < 4.78 is 33.8. The van der Waals surface area contributed by atoms with Crippen molar-refractivity contribution in [3.63, 3.8) is 0 Å². The second kappa shape index (κ2) is 7.41. The van der Waals surface area contributed by atoms with Crippen molar-refractivity contribution < 1.29 is 17.9 Å². The number of aromatic nitrogens is 3. The van der Waals surface area contributed by atoms with E-state index in [1.54, 1.807) is 24.3 Å².